The van der Waals surface area contributed by atoms with Crippen LogP contribution in [0, 0.1) is 6.92 Å². The smallest absolute Gasteiger partial charge is 0.422 e. The molecule has 0 unspecified atom stereocenters. The van der Waals surface area contributed by atoms with Crippen LogP contribution in [0.15, 0.2) is 35.8 Å². The number of anilines is 1. The number of hydrogen-bond donors (Lipinski definition) is 2. The summed E-state index contributed by atoms with van der Waals surface area (Å²) < 4.78 is 44.5. The molecular formula is C14H14F3NO5. The van der Waals surface area contributed by atoms with Crippen molar-refractivity contribution < 1.29 is 37.3 Å². The van der Waals surface area contributed by atoms with E-state index in [0.29, 0.717) is 0 Å². The summed E-state index contributed by atoms with van der Waals surface area (Å²) in [7, 11) is 0.936. The highest BCUT2D eigenvalue weighted by atomic mass is 19.4. The molecule has 0 atom stereocenters. The fraction of sp³-hybridized carbons (Fsp3) is 0.286. The number of benzene rings is 1. The molecule has 1 aromatic carbocycles. The van der Waals surface area contributed by atoms with Crippen molar-refractivity contribution in [1.82, 2.24) is 0 Å². The van der Waals surface area contributed by atoms with Gasteiger partial charge in [0.05, 0.1) is 7.11 Å². The van der Waals surface area contributed by atoms with Gasteiger partial charge >= 0.3 is 12.1 Å². The molecule has 126 valence electrons. The number of methoxy groups -OCH3 is 1. The van der Waals surface area contributed by atoms with Gasteiger partial charge in [0.2, 0.25) is 5.57 Å². The number of esters is 1. The fourth-order valence-corrected chi connectivity index (χ4v) is 1.43. The van der Waals surface area contributed by atoms with Crippen LogP contribution in [0.5, 0.6) is 0 Å². The number of amides is 1. The molecule has 0 spiro atoms. The van der Waals surface area contributed by atoms with Crippen molar-refractivity contribution in [2.24, 2.45) is 0 Å². The van der Waals surface area contributed by atoms with Crippen LogP contribution in [-0.4, -0.2) is 36.9 Å². The van der Waals surface area contributed by atoms with E-state index in [-0.39, 0.29) is 5.69 Å². The zero-order chi connectivity index (χ0) is 17.6. The minimum atomic E-state index is -4.77. The molecule has 23 heavy (non-hydrogen) atoms. The van der Waals surface area contributed by atoms with Crippen LogP contribution in [0.1, 0.15) is 5.56 Å². The van der Waals surface area contributed by atoms with Crippen molar-refractivity contribution in [3.63, 3.8) is 0 Å². The van der Waals surface area contributed by atoms with Crippen LogP contribution in [0.3, 0.4) is 0 Å². The van der Waals surface area contributed by atoms with Crippen LogP contribution in [0.2, 0.25) is 0 Å². The number of carbonyl (C=O) groups is 2. The zero-order valence-electron chi connectivity index (χ0n) is 12.2. The molecule has 0 aliphatic carbocycles. The lowest BCUT2D eigenvalue weighted by atomic mass is 10.2. The van der Waals surface area contributed by atoms with E-state index in [4.69, 9.17) is 0 Å². The molecule has 6 nitrogen and oxygen atoms in total. The third-order valence-electron chi connectivity index (χ3n) is 2.51. The van der Waals surface area contributed by atoms with Crippen molar-refractivity contribution in [2.75, 3.05) is 19.0 Å². The Morgan fingerprint density at radius 2 is 1.78 bits per heavy atom. The van der Waals surface area contributed by atoms with Crippen LogP contribution in [0.4, 0.5) is 18.9 Å². The van der Waals surface area contributed by atoms with Crippen molar-refractivity contribution in [1.29, 1.82) is 0 Å². The number of ether oxygens (including phenoxy) is 2. The standard InChI is InChI=1S/C14H14F3NO5/c1-8-3-5-9(6-4-8)18-11(19)10(12(20)22-2)13(21)23-7-14(15,16)17/h3-6,20H,7H2,1-2H3,(H,18,19)/b12-10+. The molecule has 0 aromatic heterocycles. The van der Waals surface area contributed by atoms with E-state index in [1.807, 2.05) is 6.92 Å². The first kappa shape index (κ1) is 18.3. The largest absolute Gasteiger partial charge is 0.480 e. The minimum absolute atomic E-state index is 0.269. The highest BCUT2D eigenvalue weighted by Gasteiger charge is 2.33. The Kier molecular flexibility index (Phi) is 6.00. The Labute approximate surface area is 129 Å². The molecule has 9 heteroatoms. The van der Waals surface area contributed by atoms with Gasteiger partial charge in [-0.15, -0.1) is 0 Å². The van der Waals surface area contributed by atoms with Gasteiger partial charge in [-0.05, 0) is 19.1 Å². The summed E-state index contributed by atoms with van der Waals surface area (Å²) in [6.07, 6.45) is -4.77. The summed E-state index contributed by atoms with van der Waals surface area (Å²) in [6.45, 7) is -0.0909. The zero-order valence-corrected chi connectivity index (χ0v) is 12.2. The monoisotopic (exact) mass is 333 g/mol. The molecule has 1 amide bonds. The molecule has 0 fully saturated rings. The van der Waals surface area contributed by atoms with E-state index >= 15 is 0 Å². The highest BCUT2D eigenvalue weighted by Crippen LogP contribution is 2.17. The average molecular weight is 333 g/mol. The predicted octanol–water partition coefficient (Wildman–Crippen LogP) is 2.46. The molecule has 0 heterocycles. The Balaban J connectivity index is 2.92. The third kappa shape index (κ3) is 5.89. The lowest BCUT2D eigenvalue weighted by molar-refractivity contribution is -0.184. The third-order valence-corrected chi connectivity index (χ3v) is 2.51. The molecule has 1 rings (SSSR count). The molecule has 0 saturated heterocycles. The van der Waals surface area contributed by atoms with E-state index in [2.05, 4.69) is 14.8 Å². The van der Waals surface area contributed by atoms with Crippen LogP contribution >= 0.6 is 0 Å². The molecule has 0 bridgehead atoms. The maximum atomic E-state index is 12.1. The van der Waals surface area contributed by atoms with Gasteiger partial charge in [0, 0.05) is 5.69 Å². The fourth-order valence-electron chi connectivity index (χ4n) is 1.43. The van der Waals surface area contributed by atoms with Crippen LogP contribution < -0.4 is 5.32 Å². The molecular weight excluding hydrogens is 319 g/mol. The molecule has 0 saturated carbocycles. The topological polar surface area (TPSA) is 84.9 Å². The maximum Gasteiger partial charge on any atom is 0.422 e. The first-order chi connectivity index (χ1) is 10.6. The summed E-state index contributed by atoms with van der Waals surface area (Å²) in [5.74, 6) is -3.98. The number of nitrogens with one attached hydrogen (secondary N) is 1. The minimum Gasteiger partial charge on any atom is -0.480 e. The Bertz CT molecular complexity index is 608. The van der Waals surface area contributed by atoms with Crippen molar-refractivity contribution in [3.05, 3.63) is 41.3 Å². The first-order valence-corrected chi connectivity index (χ1v) is 6.23. The molecule has 0 aliphatic rings. The number of hydrogen-bond acceptors (Lipinski definition) is 5. The predicted molar refractivity (Wildman–Crippen MR) is 73.5 cm³/mol. The summed E-state index contributed by atoms with van der Waals surface area (Å²) in [5, 5.41) is 11.7. The van der Waals surface area contributed by atoms with Gasteiger partial charge in [-0.1, -0.05) is 17.7 Å². The summed E-state index contributed by atoms with van der Waals surface area (Å²) in [5.41, 5.74) is 0.103. The number of aliphatic hydroxyl groups is 1. The van der Waals surface area contributed by atoms with Crippen LogP contribution in [0.25, 0.3) is 0 Å². The number of alkyl halides is 3. The van der Waals surface area contributed by atoms with E-state index in [1.165, 1.54) is 12.1 Å². The molecule has 1 aromatic rings. The van der Waals surface area contributed by atoms with Gasteiger partial charge in [-0.25, -0.2) is 4.79 Å². The Morgan fingerprint density at radius 3 is 2.26 bits per heavy atom. The summed E-state index contributed by atoms with van der Waals surface area (Å²) >= 11 is 0. The lowest BCUT2D eigenvalue weighted by Gasteiger charge is -2.12. The average Bonchev–Trinajstić information content (AvgIpc) is 2.46. The lowest BCUT2D eigenvalue weighted by Crippen LogP contribution is -2.28. The van der Waals surface area contributed by atoms with E-state index in [1.54, 1.807) is 12.1 Å². The number of aliphatic hydroxyl groups excluding tert-OH is 1. The van der Waals surface area contributed by atoms with Gasteiger partial charge in [-0.2, -0.15) is 13.2 Å². The van der Waals surface area contributed by atoms with Gasteiger partial charge in [-0.3, -0.25) is 4.79 Å². The van der Waals surface area contributed by atoms with Gasteiger partial charge in [0.15, 0.2) is 6.61 Å². The van der Waals surface area contributed by atoms with Crippen molar-refractivity contribution >= 4 is 17.6 Å². The van der Waals surface area contributed by atoms with E-state index in [9.17, 15) is 27.9 Å². The van der Waals surface area contributed by atoms with Gasteiger partial charge in [0.25, 0.3) is 11.9 Å². The Hall–Kier alpha value is -2.71. The summed E-state index contributed by atoms with van der Waals surface area (Å²) in [6, 6.07) is 6.35. The quantitative estimate of drug-likeness (QED) is 0.284. The number of carbonyl (C=O) groups excluding carboxylic acids is 2. The summed E-state index contributed by atoms with van der Waals surface area (Å²) in [4.78, 5) is 23.6. The van der Waals surface area contributed by atoms with Gasteiger partial charge in [0.1, 0.15) is 0 Å². The number of aryl methyl sites for hydroxylation is 1. The number of halogens is 3. The van der Waals surface area contributed by atoms with Crippen molar-refractivity contribution in [2.45, 2.75) is 13.1 Å². The molecule has 0 aliphatic heterocycles. The second-order valence-electron chi connectivity index (χ2n) is 4.40. The van der Waals surface area contributed by atoms with Crippen molar-refractivity contribution in [3.8, 4) is 0 Å². The number of rotatable bonds is 5. The Morgan fingerprint density at radius 1 is 1.22 bits per heavy atom. The normalized spacial score (nSPS) is 12.2. The first-order valence-electron chi connectivity index (χ1n) is 6.23. The second kappa shape index (κ2) is 7.52. The van der Waals surface area contributed by atoms with E-state index in [0.717, 1.165) is 12.7 Å². The SMILES string of the molecule is CO/C(O)=C(\C(=O)Nc1ccc(C)cc1)C(=O)OCC(F)(F)F. The maximum absolute atomic E-state index is 12.1. The molecule has 0 radical (unpaired) electrons. The van der Waals surface area contributed by atoms with Crippen LogP contribution in [-0.2, 0) is 19.1 Å². The highest BCUT2D eigenvalue weighted by molar-refractivity contribution is 6.21. The van der Waals surface area contributed by atoms with Gasteiger partial charge < -0.3 is 19.9 Å². The molecule has 2 N–H and O–H groups in total. The second-order valence-corrected chi connectivity index (χ2v) is 4.40. The van der Waals surface area contributed by atoms with E-state index < -0.39 is 36.2 Å².